The van der Waals surface area contributed by atoms with Crippen molar-refractivity contribution in [3.05, 3.63) is 71.0 Å². The summed E-state index contributed by atoms with van der Waals surface area (Å²) in [6, 6.07) is 15.2. The highest BCUT2D eigenvalue weighted by atomic mass is 27.0. The molecule has 0 aliphatic heterocycles. The van der Waals surface area contributed by atoms with Crippen molar-refractivity contribution < 1.29 is 10.2 Å². The van der Waals surface area contributed by atoms with Crippen LogP contribution in [0.4, 0.5) is 0 Å². The van der Waals surface area contributed by atoms with Crippen LogP contribution in [0.1, 0.15) is 36.4 Å². The van der Waals surface area contributed by atoms with Gasteiger partial charge in [0, 0.05) is 39.5 Å². The average Bonchev–Trinajstić information content (AvgIpc) is 2.69. The first-order chi connectivity index (χ1) is 13.4. The molecule has 0 amide bonds. The quantitative estimate of drug-likeness (QED) is 0.451. The van der Waals surface area contributed by atoms with Crippen molar-refractivity contribution in [1.29, 1.82) is 0 Å². The molecule has 2 aromatic carbocycles. The number of rotatable bonds is 2. The third kappa shape index (κ3) is 4.87. The monoisotopic (exact) mass is 401 g/mol. The van der Waals surface area contributed by atoms with Crippen molar-refractivity contribution in [2.75, 3.05) is 0 Å². The second-order valence-corrected chi connectivity index (χ2v) is 6.90. The highest BCUT2D eigenvalue weighted by Gasteiger charge is 2.06. The topological polar surface area (TPSA) is 66.2 Å². The maximum Gasteiger partial charge on any atom is 0.141 e. The second kappa shape index (κ2) is 9.74. The average molecular weight is 401 g/mol. The first-order valence-electron chi connectivity index (χ1n) is 9.61. The number of phenols is 2. The van der Waals surface area contributed by atoms with Gasteiger partial charge in [0.05, 0.1) is 0 Å². The van der Waals surface area contributed by atoms with E-state index in [1.165, 1.54) is 11.1 Å². The lowest BCUT2D eigenvalue weighted by Crippen LogP contribution is -1.90. The lowest BCUT2D eigenvalue weighted by molar-refractivity contribution is 0.479. The Labute approximate surface area is 182 Å². The molecular formula is C24H26AlN2O2. The van der Waals surface area contributed by atoms with Crippen LogP contribution < -0.4 is 0 Å². The Kier molecular flexibility index (Phi) is 7.61. The molecule has 5 heteroatoms. The molecule has 2 heterocycles. The number of aryl methyl sites for hydroxylation is 4. The highest BCUT2D eigenvalue weighted by molar-refractivity contribution is 5.88. The van der Waals surface area contributed by atoms with Crippen molar-refractivity contribution in [2.45, 2.75) is 40.5 Å². The van der Waals surface area contributed by atoms with E-state index in [0.29, 0.717) is 11.0 Å². The van der Waals surface area contributed by atoms with Crippen LogP contribution in [0.3, 0.4) is 0 Å². The summed E-state index contributed by atoms with van der Waals surface area (Å²) in [5.41, 5.74) is 5.81. The predicted molar refractivity (Wildman–Crippen MR) is 121 cm³/mol. The van der Waals surface area contributed by atoms with Gasteiger partial charge in [0.15, 0.2) is 0 Å². The maximum absolute atomic E-state index is 9.65. The van der Waals surface area contributed by atoms with Crippen LogP contribution in [0.15, 0.2) is 48.5 Å². The third-order valence-corrected chi connectivity index (χ3v) is 4.83. The number of aromatic hydroxyl groups is 2. The van der Waals surface area contributed by atoms with Gasteiger partial charge in [-0.1, -0.05) is 38.1 Å². The third-order valence-electron chi connectivity index (χ3n) is 4.83. The molecule has 0 bridgehead atoms. The zero-order valence-electron chi connectivity index (χ0n) is 17.4. The Morgan fingerprint density at radius 2 is 1.07 bits per heavy atom. The smallest absolute Gasteiger partial charge is 0.141 e. The lowest BCUT2D eigenvalue weighted by atomic mass is 10.1. The molecule has 0 aliphatic rings. The fourth-order valence-corrected chi connectivity index (χ4v) is 3.48. The van der Waals surface area contributed by atoms with E-state index >= 15 is 0 Å². The summed E-state index contributed by atoms with van der Waals surface area (Å²) in [7, 11) is 0. The van der Waals surface area contributed by atoms with E-state index in [0.717, 1.165) is 35.0 Å². The van der Waals surface area contributed by atoms with Crippen LogP contribution in [-0.2, 0) is 12.8 Å². The van der Waals surface area contributed by atoms with Crippen LogP contribution >= 0.6 is 0 Å². The van der Waals surface area contributed by atoms with E-state index in [-0.39, 0.29) is 28.9 Å². The van der Waals surface area contributed by atoms with E-state index in [9.17, 15) is 10.2 Å². The van der Waals surface area contributed by atoms with Crippen molar-refractivity contribution in [1.82, 2.24) is 9.97 Å². The molecule has 0 unspecified atom stereocenters. The van der Waals surface area contributed by atoms with Gasteiger partial charge >= 0.3 is 0 Å². The van der Waals surface area contributed by atoms with Crippen LogP contribution in [0.25, 0.3) is 21.8 Å². The molecule has 0 spiro atoms. The summed E-state index contributed by atoms with van der Waals surface area (Å²) in [5, 5.41) is 21.4. The molecule has 4 nitrogen and oxygen atoms in total. The Balaban J connectivity index is 0.000000200. The zero-order chi connectivity index (χ0) is 20.3. The van der Waals surface area contributed by atoms with Gasteiger partial charge in [-0.25, -0.2) is 9.97 Å². The van der Waals surface area contributed by atoms with Gasteiger partial charge in [-0.05, 0) is 62.1 Å². The number of aromatic nitrogens is 2. The molecule has 2 N–H and O–H groups in total. The van der Waals surface area contributed by atoms with E-state index in [1.807, 2.05) is 38.1 Å². The van der Waals surface area contributed by atoms with Crippen molar-refractivity contribution >= 4 is 39.2 Å². The number of hydrogen-bond donors (Lipinski definition) is 2. The van der Waals surface area contributed by atoms with Gasteiger partial charge < -0.3 is 10.2 Å². The van der Waals surface area contributed by atoms with Gasteiger partial charge in [-0.3, -0.25) is 0 Å². The standard InChI is InChI=1S/2C12H13NO.Al/c2*1-3-9-7-8(2)13-12-10(9)5-4-6-11(12)14;/h2*4-7,14H,3H2,1-2H3;. The molecule has 0 saturated heterocycles. The molecule has 0 aliphatic carbocycles. The lowest BCUT2D eigenvalue weighted by Gasteiger charge is -2.06. The Morgan fingerprint density at radius 3 is 1.41 bits per heavy atom. The van der Waals surface area contributed by atoms with Gasteiger partial charge in [0.1, 0.15) is 22.5 Å². The number of para-hydroxylation sites is 2. The Morgan fingerprint density at radius 1 is 0.690 bits per heavy atom. The number of hydrogen-bond acceptors (Lipinski definition) is 4. The molecule has 0 saturated carbocycles. The minimum absolute atomic E-state index is 0. The Bertz CT molecular complexity index is 1050. The van der Waals surface area contributed by atoms with Crippen molar-refractivity contribution in [3.63, 3.8) is 0 Å². The molecule has 4 aromatic rings. The first kappa shape index (κ1) is 22.7. The van der Waals surface area contributed by atoms with Crippen LogP contribution in [-0.4, -0.2) is 37.5 Å². The first-order valence-corrected chi connectivity index (χ1v) is 9.61. The van der Waals surface area contributed by atoms with E-state index in [1.54, 1.807) is 12.1 Å². The summed E-state index contributed by atoms with van der Waals surface area (Å²) in [5.74, 6) is 0.529. The van der Waals surface area contributed by atoms with Gasteiger partial charge in [-0.2, -0.15) is 0 Å². The molecule has 2 aromatic heterocycles. The van der Waals surface area contributed by atoms with Gasteiger partial charge in [0.25, 0.3) is 0 Å². The second-order valence-electron chi connectivity index (χ2n) is 6.90. The van der Waals surface area contributed by atoms with Crippen LogP contribution in [0.2, 0.25) is 0 Å². The summed E-state index contributed by atoms with van der Waals surface area (Å²) in [6.07, 6.45) is 1.92. The van der Waals surface area contributed by atoms with Crippen molar-refractivity contribution in [3.8, 4) is 11.5 Å². The molecular weight excluding hydrogens is 375 g/mol. The molecule has 147 valence electrons. The number of pyridine rings is 2. The fraction of sp³-hybridized carbons (Fsp3) is 0.250. The van der Waals surface area contributed by atoms with Crippen molar-refractivity contribution in [2.24, 2.45) is 0 Å². The largest absolute Gasteiger partial charge is 0.506 e. The molecule has 29 heavy (non-hydrogen) atoms. The van der Waals surface area contributed by atoms with Crippen LogP contribution in [0.5, 0.6) is 11.5 Å². The molecule has 3 radical (unpaired) electrons. The molecule has 0 fully saturated rings. The van der Waals surface area contributed by atoms with E-state index in [2.05, 4.69) is 35.9 Å². The fourth-order valence-electron chi connectivity index (χ4n) is 3.48. The zero-order valence-corrected chi connectivity index (χ0v) is 18.6. The summed E-state index contributed by atoms with van der Waals surface area (Å²) in [6.45, 7) is 8.12. The maximum atomic E-state index is 9.65. The Hall–Kier alpha value is -2.61. The van der Waals surface area contributed by atoms with E-state index in [4.69, 9.17) is 0 Å². The number of nitrogens with zero attached hydrogens (tertiary/aromatic N) is 2. The summed E-state index contributed by atoms with van der Waals surface area (Å²) >= 11 is 0. The highest BCUT2D eigenvalue weighted by Crippen LogP contribution is 2.27. The SMILES string of the molecule is CCc1cc(C)nc2c(O)cccc12.CCc1cc(C)nc2c(O)cccc12.[Al]. The number of fused-ring (bicyclic) bond motifs is 2. The molecule has 0 atom stereocenters. The van der Waals surface area contributed by atoms with Crippen LogP contribution in [0, 0.1) is 13.8 Å². The minimum atomic E-state index is 0. The predicted octanol–water partition coefficient (Wildman–Crippen LogP) is 5.24. The number of benzene rings is 2. The van der Waals surface area contributed by atoms with Gasteiger partial charge in [0.2, 0.25) is 0 Å². The van der Waals surface area contributed by atoms with Gasteiger partial charge in [-0.15, -0.1) is 0 Å². The normalized spacial score (nSPS) is 10.3. The summed E-state index contributed by atoms with van der Waals surface area (Å²) in [4.78, 5) is 8.67. The molecule has 4 rings (SSSR count). The number of phenolic OH excluding ortho intramolecular Hbond substituents is 2. The minimum Gasteiger partial charge on any atom is -0.506 e. The summed E-state index contributed by atoms with van der Waals surface area (Å²) < 4.78 is 0. The van der Waals surface area contributed by atoms with E-state index < -0.39 is 0 Å².